The van der Waals surface area contributed by atoms with Crippen LogP contribution in [-0.4, -0.2) is 24.5 Å². The Morgan fingerprint density at radius 2 is 2.11 bits per heavy atom. The van der Waals surface area contributed by atoms with Crippen molar-refractivity contribution in [1.82, 2.24) is 10.2 Å². The molecule has 0 saturated carbocycles. The Morgan fingerprint density at radius 1 is 1.22 bits per heavy atom. The van der Waals surface area contributed by atoms with Crippen molar-refractivity contribution in [3.8, 4) is 0 Å². The van der Waals surface area contributed by atoms with Gasteiger partial charge in [-0.3, -0.25) is 4.90 Å². The monoisotopic (exact) mass is 246 g/mol. The first-order valence-electron chi connectivity index (χ1n) is 7.37. The smallest absolute Gasteiger partial charge is 0.0233 e. The summed E-state index contributed by atoms with van der Waals surface area (Å²) in [5.41, 5.74) is 4.52. The second-order valence-electron chi connectivity index (χ2n) is 5.25. The lowest BCUT2D eigenvalue weighted by atomic mass is 9.98. The van der Waals surface area contributed by atoms with Crippen molar-refractivity contribution in [2.75, 3.05) is 19.6 Å². The van der Waals surface area contributed by atoms with E-state index in [4.69, 9.17) is 0 Å². The average molecular weight is 246 g/mol. The Balaban J connectivity index is 1.99. The summed E-state index contributed by atoms with van der Waals surface area (Å²) in [5, 5.41) is 3.43. The standard InChI is InChI=1S/C16H26N2/c1-3-5-10-18(4-2)13-14-6-7-16-12-17-9-8-15(16)11-14/h6-7,11,17H,3-5,8-10,12-13H2,1-2H3. The molecule has 18 heavy (non-hydrogen) atoms. The molecule has 0 atom stereocenters. The Hall–Kier alpha value is -0.860. The van der Waals surface area contributed by atoms with E-state index in [0.29, 0.717) is 0 Å². The van der Waals surface area contributed by atoms with Crippen LogP contribution in [0.3, 0.4) is 0 Å². The number of nitrogens with one attached hydrogen (secondary N) is 1. The molecule has 1 heterocycles. The minimum absolute atomic E-state index is 1.04. The first kappa shape index (κ1) is 13.6. The van der Waals surface area contributed by atoms with Crippen molar-refractivity contribution in [2.45, 2.75) is 46.2 Å². The molecule has 2 heteroatoms. The van der Waals surface area contributed by atoms with Crippen molar-refractivity contribution in [3.05, 3.63) is 34.9 Å². The highest BCUT2D eigenvalue weighted by Crippen LogP contribution is 2.17. The van der Waals surface area contributed by atoms with Gasteiger partial charge in [-0.2, -0.15) is 0 Å². The summed E-state index contributed by atoms with van der Waals surface area (Å²) >= 11 is 0. The molecule has 1 N–H and O–H groups in total. The third kappa shape index (κ3) is 3.56. The molecule has 1 aromatic carbocycles. The molecule has 2 rings (SSSR count). The predicted molar refractivity (Wildman–Crippen MR) is 77.7 cm³/mol. The molecule has 0 aliphatic carbocycles. The lowest BCUT2D eigenvalue weighted by Gasteiger charge is -2.22. The Kier molecular flexibility index (Phi) is 5.21. The fourth-order valence-corrected chi connectivity index (χ4v) is 2.62. The normalized spacial score (nSPS) is 14.8. The summed E-state index contributed by atoms with van der Waals surface area (Å²) in [6.07, 6.45) is 3.78. The molecule has 0 amide bonds. The molecule has 1 aromatic rings. The summed E-state index contributed by atoms with van der Waals surface area (Å²) in [4.78, 5) is 2.55. The highest BCUT2D eigenvalue weighted by molar-refractivity contribution is 5.33. The molecule has 1 aliphatic rings. The van der Waals surface area contributed by atoms with Gasteiger partial charge in [-0.25, -0.2) is 0 Å². The van der Waals surface area contributed by atoms with Crippen molar-refractivity contribution < 1.29 is 0 Å². The summed E-state index contributed by atoms with van der Waals surface area (Å²) < 4.78 is 0. The number of benzene rings is 1. The largest absolute Gasteiger partial charge is 0.312 e. The van der Waals surface area contributed by atoms with E-state index in [2.05, 4.69) is 42.3 Å². The number of nitrogens with zero attached hydrogens (tertiary/aromatic N) is 1. The fourth-order valence-electron chi connectivity index (χ4n) is 2.62. The van der Waals surface area contributed by atoms with Gasteiger partial charge in [-0.1, -0.05) is 38.5 Å². The number of rotatable bonds is 6. The minimum Gasteiger partial charge on any atom is -0.312 e. The van der Waals surface area contributed by atoms with Crippen LogP contribution in [0, 0.1) is 0 Å². The molecule has 0 unspecified atom stereocenters. The molecule has 0 saturated heterocycles. The maximum Gasteiger partial charge on any atom is 0.0233 e. The number of fused-ring (bicyclic) bond motifs is 1. The Labute approximate surface area is 111 Å². The zero-order chi connectivity index (χ0) is 12.8. The average Bonchev–Trinajstić information content (AvgIpc) is 2.43. The highest BCUT2D eigenvalue weighted by Gasteiger charge is 2.10. The molecule has 0 bridgehead atoms. The van der Waals surface area contributed by atoms with E-state index in [-0.39, 0.29) is 0 Å². The van der Waals surface area contributed by atoms with Crippen molar-refractivity contribution in [2.24, 2.45) is 0 Å². The molecule has 100 valence electrons. The zero-order valence-electron chi connectivity index (χ0n) is 11.8. The summed E-state index contributed by atoms with van der Waals surface area (Å²) in [6, 6.07) is 7.04. The van der Waals surface area contributed by atoms with Gasteiger partial charge in [0.2, 0.25) is 0 Å². The molecule has 0 radical (unpaired) electrons. The van der Waals surface area contributed by atoms with Crippen molar-refractivity contribution in [1.29, 1.82) is 0 Å². The quantitative estimate of drug-likeness (QED) is 0.830. The van der Waals surface area contributed by atoms with E-state index in [1.54, 1.807) is 5.56 Å². The molecular formula is C16H26N2. The lowest BCUT2D eigenvalue weighted by Crippen LogP contribution is -2.25. The van der Waals surface area contributed by atoms with E-state index in [1.165, 1.54) is 36.9 Å². The van der Waals surface area contributed by atoms with Crippen molar-refractivity contribution >= 4 is 0 Å². The Bertz CT molecular complexity index is 373. The van der Waals surface area contributed by atoms with Gasteiger partial charge in [-0.05, 0) is 49.2 Å². The number of unbranched alkanes of at least 4 members (excludes halogenated alkanes) is 1. The number of hydrogen-bond donors (Lipinski definition) is 1. The SMILES string of the molecule is CCCCN(CC)Cc1ccc2c(c1)CCNC2. The molecule has 2 nitrogen and oxygen atoms in total. The fraction of sp³-hybridized carbons (Fsp3) is 0.625. The van der Waals surface area contributed by atoms with E-state index >= 15 is 0 Å². The van der Waals surface area contributed by atoms with E-state index in [9.17, 15) is 0 Å². The van der Waals surface area contributed by atoms with E-state index in [0.717, 1.165) is 26.2 Å². The van der Waals surface area contributed by atoms with Crippen LogP contribution in [0.1, 0.15) is 43.4 Å². The van der Waals surface area contributed by atoms with Gasteiger partial charge >= 0.3 is 0 Å². The van der Waals surface area contributed by atoms with Gasteiger partial charge in [0, 0.05) is 13.1 Å². The molecule has 0 fully saturated rings. The number of hydrogen-bond acceptors (Lipinski definition) is 2. The lowest BCUT2D eigenvalue weighted by molar-refractivity contribution is 0.275. The topological polar surface area (TPSA) is 15.3 Å². The van der Waals surface area contributed by atoms with E-state index < -0.39 is 0 Å². The third-order valence-electron chi connectivity index (χ3n) is 3.84. The Morgan fingerprint density at radius 3 is 2.89 bits per heavy atom. The van der Waals surface area contributed by atoms with Crippen LogP contribution in [0.25, 0.3) is 0 Å². The van der Waals surface area contributed by atoms with Crippen LogP contribution >= 0.6 is 0 Å². The van der Waals surface area contributed by atoms with Gasteiger partial charge in [0.15, 0.2) is 0 Å². The van der Waals surface area contributed by atoms with Crippen LogP contribution < -0.4 is 5.32 Å². The maximum atomic E-state index is 3.43. The predicted octanol–water partition coefficient (Wildman–Crippen LogP) is 2.95. The minimum atomic E-state index is 1.04. The van der Waals surface area contributed by atoms with Gasteiger partial charge < -0.3 is 5.32 Å². The second kappa shape index (κ2) is 6.91. The van der Waals surface area contributed by atoms with E-state index in [1.807, 2.05) is 0 Å². The van der Waals surface area contributed by atoms with Crippen LogP contribution in [0.15, 0.2) is 18.2 Å². The summed E-state index contributed by atoms with van der Waals surface area (Å²) in [5.74, 6) is 0. The zero-order valence-corrected chi connectivity index (χ0v) is 11.8. The van der Waals surface area contributed by atoms with Crippen LogP contribution in [0.4, 0.5) is 0 Å². The molecule has 0 spiro atoms. The first-order chi connectivity index (χ1) is 8.83. The molecule has 1 aliphatic heterocycles. The van der Waals surface area contributed by atoms with Gasteiger partial charge in [-0.15, -0.1) is 0 Å². The van der Waals surface area contributed by atoms with Gasteiger partial charge in [0.25, 0.3) is 0 Å². The first-order valence-corrected chi connectivity index (χ1v) is 7.37. The molecular weight excluding hydrogens is 220 g/mol. The van der Waals surface area contributed by atoms with Crippen LogP contribution in [0.2, 0.25) is 0 Å². The van der Waals surface area contributed by atoms with Gasteiger partial charge in [0.1, 0.15) is 0 Å². The second-order valence-corrected chi connectivity index (χ2v) is 5.25. The van der Waals surface area contributed by atoms with Crippen LogP contribution in [0.5, 0.6) is 0 Å². The van der Waals surface area contributed by atoms with Crippen LogP contribution in [-0.2, 0) is 19.5 Å². The van der Waals surface area contributed by atoms with Gasteiger partial charge in [0.05, 0.1) is 0 Å². The highest BCUT2D eigenvalue weighted by atomic mass is 15.1. The third-order valence-corrected chi connectivity index (χ3v) is 3.84. The summed E-state index contributed by atoms with van der Waals surface area (Å²) in [6.45, 7) is 10.2. The molecule has 0 aromatic heterocycles. The maximum absolute atomic E-state index is 3.43. The summed E-state index contributed by atoms with van der Waals surface area (Å²) in [7, 11) is 0. The van der Waals surface area contributed by atoms with Crippen molar-refractivity contribution in [3.63, 3.8) is 0 Å².